The number of hydrogen-bond donors (Lipinski definition) is 1. The molecule has 5 nitrogen and oxygen atoms in total. The first-order chi connectivity index (χ1) is 10.8. The lowest BCUT2D eigenvalue weighted by Crippen LogP contribution is -2.00. The topological polar surface area (TPSA) is 68.0 Å². The SMILES string of the molecule is O=C(O)/C=C\c1nnc(-c2ccccc2)n1-c1ccccc1. The zero-order valence-electron chi connectivity index (χ0n) is 11.6. The summed E-state index contributed by atoms with van der Waals surface area (Å²) in [5, 5.41) is 17.1. The highest BCUT2D eigenvalue weighted by Gasteiger charge is 2.13. The minimum absolute atomic E-state index is 0.465. The second kappa shape index (κ2) is 6.05. The van der Waals surface area contributed by atoms with E-state index in [1.807, 2.05) is 65.2 Å². The smallest absolute Gasteiger partial charge is 0.328 e. The van der Waals surface area contributed by atoms with Crippen LogP contribution in [0.3, 0.4) is 0 Å². The number of aromatic nitrogens is 3. The van der Waals surface area contributed by atoms with Gasteiger partial charge in [-0.15, -0.1) is 10.2 Å². The van der Waals surface area contributed by atoms with E-state index in [2.05, 4.69) is 10.2 Å². The number of carboxylic acids is 1. The predicted octanol–water partition coefficient (Wildman–Crippen LogP) is 3.03. The van der Waals surface area contributed by atoms with Gasteiger partial charge in [-0.05, 0) is 18.2 Å². The van der Waals surface area contributed by atoms with Crippen molar-refractivity contribution >= 4 is 12.0 Å². The second-order valence-corrected chi connectivity index (χ2v) is 4.59. The average Bonchev–Trinajstić information content (AvgIpc) is 2.98. The third-order valence-electron chi connectivity index (χ3n) is 3.11. The zero-order valence-corrected chi connectivity index (χ0v) is 11.6. The molecule has 1 N–H and O–H groups in total. The Labute approximate surface area is 127 Å². The van der Waals surface area contributed by atoms with Gasteiger partial charge in [-0.2, -0.15) is 0 Å². The van der Waals surface area contributed by atoms with E-state index < -0.39 is 5.97 Å². The molecule has 1 heterocycles. The van der Waals surface area contributed by atoms with Gasteiger partial charge in [-0.3, -0.25) is 4.57 Å². The summed E-state index contributed by atoms with van der Waals surface area (Å²) >= 11 is 0. The lowest BCUT2D eigenvalue weighted by Gasteiger charge is -2.08. The van der Waals surface area contributed by atoms with Crippen LogP contribution < -0.4 is 0 Å². The van der Waals surface area contributed by atoms with Crippen molar-refractivity contribution in [2.45, 2.75) is 0 Å². The number of rotatable bonds is 4. The van der Waals surface area contributed by atoms with Gasteiger partial charge >= 0.3 is 5.97 Å². The number of aliphatic carboxylic acids is 1. The average molecular weight is 291 g/mol. The molecule has 5 heteroatoms. The summed E-state index contributed by atoms with van der Waals surface area (Å²) in [6.07, 6.45) is 2.49. The first-order valence-corrected chi connectivity index (χ1v) is 6.73. The molecule has 0 unspecified atom stereocenters. The molecule has 0 aliphatic heterocycles. The number of carboxylic acid groups (broad SMARTS) is 1. The van der Waals surface area contributed by atoms with Crippen molar-refractivity contribution in [2.75, 3.05) is 0 Å². The molecule has 0 atom stereocenters. The standard InChI is InChI=1S/C17H13N3O2/c21-16(22)12-11-15-18-19-17(13-7-3-1-4-8-13)20(15)14-9-5-2-6-10-14/h1-12H,(H,21,22)/b12-11-. The molecule has 1 aromatic heterocycles. The van der Waals surface area contributed by atoms with Crippen LogP contribution in [-0.2, 0) is 4.79 Å². The van der Waals surface area contributed by atoms with Crippen molar-refractivity contribution < 1.29 is 9.90 Å². The molecule has 2 aromatic carbocycles. The molecule has 22 heavy (non-hydrogen) atoms. The van der Waals surface area contributed by atoms with Crippen LogP contribution >= 0.6 is 0 Å². The molecule has 3 rings (SSSR count). The largest absolute Gasteiger partial charge is 0.478 e. The number of hydrogen-bond acceptors (Lipinski definition) is 3. The van der Waals surface area contributed by atoms with E-state index in [0.717, 1.165) is 17.3 Å². The first kappa shape index (κ1) is 13.8. The third kappa shape index (κ3) is 2.78. The molecule has 0 radical (unpaired) electrons. The van der Waals surface area contributed by atoms with Crippen molar-refractivity contribution in [1.82, 2.24) is 14.8 Å². The van der Waals surface area contributed by atoms with Crippen molar-refractivity contribution in [3.8, 4) is 17.1 Å². The van der Waals surface area contributed by atoms with E-state index in [1.54, 1.807) is 0 Å². The molecular weight excluding hydrogens is 278 g/mol. The highest BCUT2D eigenvalue weighted by Crippen LogP contribution is 2.23. The molecular formula is C17H13N3O2. The Morgan fingerprint density at radius 2 is 1.59 bits per heavy atom. The van der Waals surface area contributed by atoms with E-state index in [-0.39, 0.29) is 0 Å². The highest BCUT2D eigenvalue weighted by molar-refractivity contribution is 5.84. The lowest BCUT2D eigenvalue weighted by molar-refractivity contribution is -0.131. The Kier molecular flexibility index (Phi) is 3.78. The number of para-hydroxylation sites is 1. The van der Waals surface area contributed by atoms with Crippen molar-refractivity contribution in [2.24, 2.45) is 0 Å². The van der Waals surface area contributed by atoms with Crippen LogP contribution in [0.15, 0.2) is 66.7 Å². The summed E-state index contributed by atoms with van der Waals surface area (Å²) in [5.41, 5.74) is 1.78. The number of nitrogens with zero attached hydrogens (tertiary/aromatic N) is 3. The van der Waals surface area contributed by atoms with Crippen LogP contribution in [0, 0.1) is 0 Å². The molecule has 0 fully saturated rings. The molecule has 0 spiro atoms. The van der Waals surface area contributed by atoms with Crippen LogP contribution in [0.25, 0.3) is 23.2 Å². The maximum atomic E-state index is 10.8. The number of benzene rings is 2. The molecule has 0 saturated carbocycles. The lowest BCUT2D eigenvalue weighted by atomic mass is 10.2. The quantitative estimate of drug-likeness (QED) is 0.750. The monoisotopic (exact) mass is 291 g/mol. The minimum atomic E-state index is -1.02. The molecule has 108 valence electrons. The van der Waals surface area contributed by atoms with Crippen LogP contribution in [0.5, 0.6) is 0 Å². The summed E-state index contributed by atoms with van der Waals surface area (Å²) in [6.45, 7) is 0. The van der Waals surface area contributed by atoms with Gasteiger partial charge in [-0.25, -0.2) is 4.79 Å². The molecule has 0 bridgehead atoms. The van der Waals surface area contributed by atoms with Gasteiger partial charge in [-0.1, -0.05) is 48.5 Å². The van der Waals surface area contributed by atoms with Gasteiger partial charge in [0.1, 0.15) is 0 Å². The highest BCUT2D eigenvalue weighted by atomic mass is 16.4. The Bertz CT molecular complexity index is 808. The van der Waals surface area contributed by atoms with Crippen molar-refractivity contribution in [1.29, 1.82) is 0 Å². The zero-order chi connectivity index (χ0) is 15.4. The fraction of sp³-hybridized carbons (Fsp3) is 0. The summed E-state index contributed by atoms with van der Waals surface area (Å²) in [6, 6.07) is 19.2. The maximum absolute atomic E-state index is 10.8. The van der Waals surface area contributed by atoms with E-state index in [9.17, 15) is 4.79 Å². The molecule has 3 aromatic rings. The maximum Gasteiger partial charge on any atom is 0.328 e. The van der Waals surface area contributed by atoms with Crippen LogP contribution in [0.2, 0.25) is 0 Å². The Hall–Kier alpha value is -3.21. The molecule has 0 aliphatic carbocycles. The predicted molar refractivity (Wildman–Crippen MR) is 83.5 cm³/mol. The van der Waals surface area contributed by atoms with Crippen LogP contribution in [0.1, 0.15) is 5.82 Å². The van der Waals surface area contributed by atoms with Crippen LogP contribution in [0.4, 0.5) is 0 Å². The third-order valence-corrected chi connectivity index (χ3v) is 3.11. The second-order valence-electron chi connectivity index (χ2n) is 4.59. The van der Waals surface area contributed by atoms with E-state index >= 15 is 0 Å². The Morgan fingerprint density at radius 1 is 0.955 bits per heavy atom. The van der Waals surface area contributed by atoms with Gasteiger partial charge in [0.25, 0.3) is 0 Å². The Balaban J connectivity index is 2.18. The summed E-state index contributed by atoms with van der Waals surface area (Å²) in [4.78, 5) is 10.8. The normalized spacial score (nSPS) is 10.9. The van der Waals surface area contributed by atoms with Gasteiger partial charge in [0.05, 0.1) is 0 Å². The number of carbonyl (C=O) groups is 1. The van der Waals surface area contributed by atoms with E-state index in [0.29, 0.717) is 11.6 Å². The summed E-state index contributed by atoms with van der Waals surface area (Å²) in [5.74, 6) is 0.105. The minimum Gasteiger partial charge on any atom is -0.478 e. The molecule has 0 amide bonds. The molecule has 0 aliphatic rings. The van der Waals surface area contributed by atoms with Gasteiger partial charge in [0.15, 0.2) is 11.6 Å². The van der Waals surface area contributed by atoms with E-state index in [4.69, 9.17) is 5.11 Å². The van der Waals surface area contributed by atoms with E-state index in [1.165, 1.54) is 6.08 Å². The first-order valence-electron chi connectivity index (χ1n) is 6.73. The summed E-state index contributed by atoms with van der Waals surface area (Å²) in [7, 11) is 0. The van der Waals surface area contributed by atoms with Crippen molar-refractivity contribution in [3.63, 3.8) is 0 Å². The van der Waals surface area contributed by atoms with Gasteiger partial charge in [0, 0.05) is 17.3 Å². The van der Waals surface area contributed by atoms with Gasteiger partial charge < -0.3 is 5.11 Å². The van der Waals surface area contributed by atoms with Crippen molar-refractivity contribution in [3.05, 3.63) is 72.6 Å². The molecule has 0 saturated heterocycles. The van der Waals surface area contributed by atoms with Crippen LogP contribution in [-0.4, -0.2) is 25.8 Å². The van der Waals surface area contributed by atoms with Gasteiger partial charge in [0.2, 0.25) is 0 Å². The fourth-order valence-electron chi connectivity index (χ4n) is 2.16. The fourth-order valence-corrected chi connectivity index (χ4v) is 2.16. The Morgan fingerprint density at radius 3 is 2.23 bits per heavy atom. The summed E-state index contributed by atoms with van der Waals surface area (Å²) < 4.78 is 1.83.